The van der Waals surface area contributed by atoms with E-state index in [9.17, 15) is 14.1 Å². The molecule has 8 heteroatoms. The van der Waals surface area contributed by atoms with Gasteiger partial charge in [0.1, 0.15) is 17.6 Å². The summed E-state index contributed by atoms with van der Waals surface area (Å²) in [6, 6.07) is 7.48. The van der Waals surface area contributed by atoms with Gasteiger partial charge in [-0.3, -0.25) is 14.3 Å². The summed E-state index contributed by atoms with van der Waals surface area (Å²) in [5.41, 5.74) is 1.93. The van der Waals surface area contributed by atoms with Crippen molar-refractivity contribution in [2.75, 3.05) is 18.2 Å². The molecule has 2 aliphatic rings. The van der Waals surface area contributed by atoms with E-state index in [0.29, 0.717) is 37.5 Å². The predicted molar refractivity (Wildman–Crippen MR) is 98.3 cm³/mol. The molecule has 0 spiro atoms. The van der Waals surface area contributed by atoms with Crippen molar-refractivity contribution in [2.24, 2.45) is 0 Å². The van der Waals surface area contributed by atoms with Crippen molar-refractivity contribution in [3.05, 3.63) is 51.7 Å². The summed E-state index contributed by atoms with van der Waals surface area (Å²) in [7, 11) is 0. The van der Waals surface area contributed by atoms with Gasteiger partial charge in [0.05, 0.1) is 13.1 Å². The van der Waals surface area contributed by atoms with Gasteiger partial charge in [0.2, 0.25) is 5.91 Å². The highest BCUT2D eigenvalue weighted by atomic mass is 32.2. The maximum absolute atomic E-state index is 12.9. The van der Waals surface area contributed by atoms with Crippen molar-refractivity contribution in [3.8, 4) is 0 Å². The lowest BCUT2D eigenvalue weighted by atomic mass is 10.0. The quantitative estimate of drug-likeness (QED) is 0.745. The lowest BCUT2D eigenvalue weighted by Crippen LogP contribution is -2.41. The van der Waals surface area contributed by atoms with E-state index in [2.05, 4.69) is 5.10 Å². The molecule has 0 saturated carbocycles. The maximum atomic E-state index is 12.9. The number of hydrogen-bond donors (Lipinski definition) is 0. The largest absolute Gasteiger partial charge is 0.615 e. The number of carbonyl (C=O) groups is 1. The SMILES string of the molecule is Cc1ccc(Cn2nc3n(c2=O)[C@H](C(=O)N2CC[S+]([O-])C2)CCC3)cc1. The molecule has 3 heterocycles. The van der Waals surface area contributed by atoms with Crippen LogP contribution < -0.4 is 5.69 Å². The van der Waals surface area contributed by atoms with Crippen molar-refractivity contribution >= 4 is 17.1 Å². The zero-order valence-corrected chi connectivity index (χ0v) is 15.6. The molecule has 2 atom stereocenters. The summed E-state index contributed by atoms with van der Waals surface area (Å²) >= 11 is -0.968. The van der Waals surface area contributed by atoms with E-state index in [1.165, 1.54) is 10.2 Å². The number of carbonyl (C=O) groups excluding carboxylic acids is 1. The highest BCUT2D eigenvalue weighted by molar-refractivity contribution is 7.91. The Bertz CT molecular complexity index is 874. The Morgan fingerprint density at radius 1 is 1.35 bits per heavy atom. The Labute approximate surface area is 154 Å². The molecule has 0 N–H and O–H groups in total. The molecule has 0 bridgehead atoms. The number of aromatic nitrogens is 3. The van der Waals surface area contributed by atoms with E-state index in [-0.39, 0.29) is 17.5 Å². The van der Waals surface area contributed by atoms with E-state index in [4.69, 9.17) is 0 Å². The zero-order valence-electron chi connectivity index (χ0n) is 14.8. The van der Waals surface area contributed by atoms with Crippen LogP contribution in [0.15, 0.2) is 29.1 Å². The number of rotatable bonds is 3. The van der Waals surface area contributed by atoms with Gasteiger partial charge in [-0.15, -0.1) is 0 Å². The first-order valence-corrected chi connectivity index (χ1v) is 10.4. The molecule has 1 amide bonds. The molecule has 7 nitrogen and oxygen atoms in total. The minimum Gasteiger partial charge on any atom is -0.615 e. The highest BCUT2D eigenvalue weighted by Crippen LogP contribution is 2.25. The van der Waals surface area contributed by atoms with Gasteiger partial charge in [0, 0.05) is 6.42 Å². The van der Waals surface area contributed by atoms with Gasteiger partial charge < -0.3 is 4.55 Å². The summed E-state index contributed by atoms with van der Waals surface area (Å²) in [5.74, 6) is 1.37. The average molecular weight is 374 g/mol. The third kappa shape index (κ3) is 3.19. The number of fused-ring (bicyclic) bond motifs is 1. The van der Waals surface area contributed by atoms with E-state index in [1.54, 1.807) is 9.47 Å². The topological polar surface area (TPSA) is 83.2 Å². The Kier molecular flexibility index (Phi) is 4.62. The molecule has 138 valence electrons. The molecular formula is C18H22N4O3S. The smallest absolute Gasteiger partial charge is 0.346 e. The fourth-order valence-electron chi connectivity index (χ4n) is 3.63. The Morgan fingerprint density at radius 3 is 2.81 bits per heavy atom. The van der Waals surface area contributed by atoms with Gasteiger partial charge in [0.25, 0.3) is 0 Å². The van der Waals surface area contributed by atoms with Crippen LogP contribution in [0.25, 0.3) is 0 Å². The van der Waals surface area contributed by atoms with Gasteiger partial charge in [0.15, 0.2) is 5.88 Å². The summed E-state index contributed by atoms with van der Waals surface area (Å²) in [4.78, 5) is 27.4. The van der Waals surface area contributed by atoms with Crippen LogP contribution in [0.3, 0.4) is 0 Å². The number of benzene rings is 1. The second-order valence-electron chi connectivity index (χ2n) is 6.99. The van der Waals surface area contributed by atoms with E-state index < -0.39 is 17.2 Å². The molecule has 1 aromatic carbocycles. The third-order valence-electron chi connectivity index (χ3n) is 5.07. The van der Waals surface area contributed by atoms with Crippen LogP contribution in [0.5, 0.6) is 0 Å². The van der Waals surface area contributed by atoms with Gasteiger partial charge >= 0.3 is 5.69 Å². The lowest BCUT2D eigenvalue weighted by Gasteiger charge is -2.25. The molecule has 0 aliphatic carbocycles. The van der Waals surface area contributed by atoms with Crippen LogP contribution in [-0.4, -0.2) is 47.9 Å². The van der Waals surface area contributed by atoms with Gasteiger partial charge in [-0.1, -0.05) is 29.8 Å². The summed E-state index contributed by atoms with van der Waals surface area (Å²) in [5, 5.41) is 4.48. The lowest BCUT2D eigenvalue weighted by molar-refractivity contribution is -0.134. The molecule has 2 aliphatic heterocycles. The summed E-state index contributed by atoms with van der Waals surface area (Å²) in [6.45, 7) is 2.92. The van der Waals surface area contributed by atoms with Gasteiger partial charge in [-0.05, 0) is 36.5 Å². The molecule has 1 saturated heterocycles. The average Bonchev–Trinajstić information content (AvgIpc) is 3.20. The highest BCUT2D eigenvalue weighted by Gasteiger charge is 2.37. The van der Waals surface area contributed by atoms with Gasteiger partial charge in [-0.2, -0.15) is 5.10 Å². The Balaban J connectivity index is 1.62. The van der Waals surface area contributed by atoms with Crippen LogP contribution in [0.4, 0.5) is 0 Å². The molecule has 1 aromatic heterocycles. The predicted octanol–water partition coefficient (Wildman–Crippen LogP) is 0.827. The maximum Gasteiger partial charge on any atom is 0.346 e. The number of aryl methyl sites for hydroxylation is 2. The summed E-state index contributed by atoms with van der Waals surface area (Å²) < 4.78 is 14.6. The Hall–Kier alpha value is -2.06. The minimum absolute atomic E-state index is 0.103. The van der Waals surface area contributed by atoms with Crippen molar-refractivity contribution in [2.45, 2.75) is 38.8 Å². The molecule has 2 aromatic rings. The van der Waals surface area contributed by atoms with Crippen LogP contribution in [0.2, 0.25) is 0 Å². The molecule has 1 fully saturated rings. The monoisotopic (exact) mass is 374 g/mol. The number of nitrogens with zero attached hydrogens (tertiary/aromatic N) is 4. The second-order valence-corrected chi connectivity index (χ2v) is 8.54. The zero-order chi connectivity index (χ0) is 18.3. The molecule has 0 radical (unpaired) electrons. The van der Waals surface area contributed by atoms with Crippen molar-refractivity contribution in [3.63, 3.8) is 0 Å². The second kappa shape index (κ2) is 6.92. The fourth-order valence-corrected chi connectivity index (χ4v) is 4.79. The molecule has 4 rings (SSSR count). The minimum atomic E-state index is -0.968. The van der Waals surface area contributed by atoms with Crippen molar-refractivity contribution < 1.29 is 9.35 Å². The van der Waals surface area contributed by atoms with Crippen LogP contribution in [-0.2, 0) is 28.9 Å². The number of amides is 1. The van der Waals surface area contributed by atoms with Gasteiger partial charge in [-0.25, -0.2) is 9.48 Å². The molecule has 1 unspecified atom stereocenters. The standard InChI is InChI=1S/C18H22N4O3S/c1-13-5-7-14(8-6-13)11-21-18(24)22-15(3-2-4-16(22)19-21)17(23)20-9-10-26(25)12-20/h5-8,15H,2-4,9-12H2,1H3/t15-,26?/m0/s1. The summed E-state index contributed by atoms with van der Waals surface area (Å²) in [6.07, 6.45) is 2.16. The molecule has 26 heavy (non-hydrogen) atoms. The fraction of sp³-hybridized carbons (Fsp3) is 0.500. The van der Waals surface area contributed by atoms with Crippen molar-refractivity contribution in [1.29, 1.82) is 0 Å². The Morgan fingerprint density at radius 2 is 2.12 bits per heavy atom. The first kappa shape index (κ1) is 17.4. The third-order valence-corrected chi connectivity index (χ3v) is 6.31. The van der Waals surface area contributed by atoms with E-state index in [1.807, 2.05) is 31.2 Å². The molecular weight excluding hydrogens is 352 g/mol. The number of hydrogen-bond acceptors (Lipinski definition) is 4. The first-order chi connectivity index (χ1) is 12.5. The van der Waals surface area contributed by atoms with E-state index in [0.717, 1.165) is 12.0 Å². The van der Waals surface area contributed by atoms with E-state index >= 15 is 0 Å². The normalized spacial score (nSPS) is 22.5. The van der Waals surface area contributed by atoms with Crippen LogP contribution >= 0.6 is 0 Å². The van der Waals surface area contributed by atoms with Crippen LogP contribution in [0.1, 0.15) is 35.8 Å². The van der Waals surface area contributed by atoms with Crippen molar-refractivity contribution in [1.82, 2.24) is 19.2 Å². The first-order valence-electron chi connectivity index (χ1n) is 8.90. The van der Waals surface area contributed by atoms with Crippen LogP contribution in [0, 0.1) is 6.92 Å².